The van der Waals surface area contributed by atoms with Gasteiger partial charge in [-0.1, -0.05) is 12.1 Å². The van der Waals surface area contributed by atoms with Crippen LogP contribution in [-0.2, 0) is 4.74 Å². The first-order valence-corrected chi connectivity index (χ1v) is 7.00. The Morgan fingerprint density at radius 3 is 2.73 bits per heavy atom. The molecule has 1 amide bonds. The predicted octanol–water partition coefficient (Wildman–Crippen LogP) is -2.61. The average Bonchev–Trinajstić information content (AvgIpc) is 3.00. The van der Waals surface area contributed by atoms with Crippen LogP contribution in [0.3, 0.4) is 0 Å². The van der Waals surface area contributed by atoms with Gasteiger partial charge in [-0.05, 0) is 6.42 Å². The lowest BCUT2D eigenvalue weighted by molar-refractivity contribution is -0.254. The van der Waals surface area contributed by atoms with Crippen LogP contribution in [0.25, 0.3) is 0 Å². The SMILES string of the molecule is CCCNC(=O)c1cn([C@@H]2O[C@H](CO)[C@@H](O)[C@H](O)[C@@H]2O)nn1. The van der Waals surface area contributed by atoms with Crippen LogP contribution in [0.2, 0.25) is 0 Å². The van der Waals surface area contributed by atoms with Gasteiger partial charge in [0.05, 0.1) is 12.8 Å². The summed E-state index contributed by atoms with van der Waals surface area (Å²) in [6, 6.07) is 0. The average molecular weight is 316 g/mol. The number of hydrogen-bond donors (Lipinski definition) is 5. The third kappa shape index (κ3) is 3.25. The molecule has 0 bridgehead atoms. The van der Waals surface area contributed by atoms with E-state index in [4.69, 9.17) is 9.84 Å². The highest BCUT2D eigenvalue weighted by molar-refractivity contribution is 5.91. The molecule has 10 heteroatoms. The molecule has 0 spiro atoms. The third-order valence-electron chi connectivity index (χ3n) is 3.41. The second-order valence-electron chi connectivity index (χ2n) is 5.06. The van der Waals surface area contributed by atoms with Gasteiger partial charge in [-0.2, -0.15) is 0 Å². The van der Waals surface area contributed by atoms with E-state index in [1.54, 1.807) is 0 Å². The monoisotopic (exact) mass is 316 g/mol. The summed E-state index contributed by atoms with van der Waals surface area (Å²) in [5.74, 6) is -0.419. The van der Waals surface area contributed by atoms with Crippen molar-refractivity contribution in [3.05, 3.63) is 11.9 Å². The summed E-state index contributed by atoms with van der Waals surface area (Å²) < 4.78 is 6.38. The lowest BCUT2D eigenvalue weighted by Gasteiger charge is -2.39. The van der Waals surface area contributed by atoms with E-state index in [-0.39, 0.29) is 5.69 Å². The summed E-state index contributed by atoms with van der Waals surface area (Å²) in [7, 11) is 0. The molecular weight excluding hydrogens is 296 g/mol. The molecule has 5 atom stereocenters. The minimum Gasteiger partial charge on any atom is -0.394 e. The number of carbonyl (C=O) groups is 1. The van der Waals surface area contributed by atoms with Gasteiger partial charge in [-0.15, -0.1) is 5.10 Å². The van der Waals surface area contributed by atoms with Crippen LogP contribution in [-0.4, -0.2) is 78.9 Å². The fourth-order valence-electron chi connectivity index (χ4n) is 2.13. The number of aliphatic hydroxyl groups is 4. The zero-order chi connectivity index (χ0) is 16.3. The summed E-state index contributed by atoms with van der Waals surface area (Å²) in [6.45, 7) is 1.86. The van der Waals surface area contributed by atoms with Crippen LogP contribution in [0.4, 0.5) is 0 Å². The van der Waals surface area contributed by atoms with Gasteiger partial charge in [0.15, 0.2) is 11.9 Å². The van der Waals surface area contributed by atoms with Gasteiger partial charge in [0.1, 0.15) is 24.4 Å². The van der Waals surface area contributed by atoms with Crippen molar-refractivity contribution >= 4 is 5.91 Å². The van der Waals surface area contributed by atoms with E-state index < -0.39 is 43.2 Å². The van der Waals surface area contributed by atoms with Crippen LogP contribution in [0.1, 0.15) is 30.1 Å². The first kappa shape index (κ1) is 16.8. The van der Waals surface area contributed by atoms with Crippen molar-refractivity contribution in [2.75, 3.05) is 13.2 Å². The topological polar surface area (TPSA) is 150 Å². The highest BCUT2D eigenvalue weighted by Crippen LogP contribution is 2.27. The molecule has 1 fully saturated rings. The zero-order valence-corrected chi connectivity index (χ0v) is 12.0. The number of ether oxygens (including phenoxy) is 1. The summed E-state index contributed by atoms with van der Waals surface area (Å²) in [6.07, 6.45) is -4.64. The molecule has 0 saturated carbocycles. The van der Waals surface area contributed by atoms with E-state index in [1.807, 2.05) is 6.92 Å². The fraction of sp³-hybridized carbons (Fsp3) is 0.750. The van der Waals surface area contributed by atoms with Crippen LogP contribution >= 0.6 is 0 Å². The maximum atomic E-state index is 11.8. The Morgan fingerprint density at radius 1 is 1.36 bits per heavy atom. The molecule has 10 nitrogen and oxygen atoms in total. The molecule has 0 unspecified atom stereocenters. The maximum absolute atomic E-state index is 11.8. The van der Waals surface area contributed by atoms with E-state index in [1.165, 1.54) is 6.20 Å². The summed E-state index contributed by atoms with van der Waals surface area (Å²) in [5, 5.41) is 48.5. The first-order valence-electron chi connectivity index (χ1n) is 7.00. The quantitative estimate of drug-likeness (QED) is 0.396. The van der Waals surface area contributed by atoms with Gasteiger partial charge in [0.2, 0.25) is 0 Å². The summed E-state index contributed by atoms with van der Waals surface area (Å²) in [4.78, 5) is 11.8. The Hall–Kier alpha value is -1.59. The molecule has 5 N–H and O–H groups in total. The second-order valence-corrected chi connectivity index (χ2v) is 5.06. The number of aromatic nitrogens is 3. The Bertz CT molecular complexity index is 508. The number of hydrogen-bond acceptors (Lipinski definition) is 8. The van der Waals surface area contributed by atoms with Gasteiger partial charge in [0, 0.05) is 6.54 Å². The van der Waals surface area contributed by atoms with E-state index in [0.717, 1.165) is 11.1 Å². The Labute approximate surface area is 126 Å². The van der Waals surface area contributed by atoms with E-state index in [0.29, 0.717) is 6.54 Å². The van der Waals surface area contributed by atoms with E-state index >= 15 is 0 Å². The normalized spacial score (nSPS) is 32.0. The van der Waals surface area contributed by atoms with Crippen molar-refractivity contribution in [1.82, 2.24) is 20.3 Å². The lowest BCUT2D eigenvalue weighted by Crippen LogP contribution is -2.56. The van der Waals surface area contributed by atoms with E-state index in [2.05, 4.69) is 15.6 Å². The smallest absolute Gasteiger partial charge is 0.273 e. The van der Waals surface area contributed by atoms with Crippen molar-refractivity contribution in [3.8, 4) is 0 Å². The number of rotatable bonds is 5. The highest BCUT2D eigenvalue weighted by Gasteiger charge is 2.44. The van der Waals surface area contributed by atoms with Crippen molar-refractivity contribution < 1.29 is 30.0 Å². The summed E-state index contributed by atoms with van der Waals surface area (Å²) >= 11 is 0. The largest absolute Gasteiger partial charge is 0.394 e. The van der Waals surface area contributed by atoms with Crippen molar-refractivity contribution in [2.24, 2.45) is 0 Å². The summed E-state index contributed by atoms with van der Waals surface area (Å²) in [5.41, 5.74) is 0.0328. The number of nitrogens with one attached hydrogen (secondary N) is 1. The molecule has 1 aliphatic heterocycles. The van der Waals surface area contributed by atoms with Gasteiger partial charge >= 0.3 is 0 Å². The Kier molecular flexibility index (Phi) is 5.42. The molecule has 1 aromatic rings. The number of carbonyl (C=O) groups excluding carboxylic acids is 1. The number of nitrogens with zero attached hydrogens (tertiary/aromatic N) is 3. The van der Waals surface area contributed by atoms with Crippen LogP contribution < -0.4 is 5.32 Å². The van der Waals surface area contributed by atoms with Gasteiger partial charge < -0.3 is 30.5 Å². The molecule has 1 aromatic heterocycles. The molecular formula is C12H20N4O6. The van der Waals surface area contributed by atoms with Crippen LogP contribution in [0.5, 0.6) is 0 Å². The minimum atomic E-state index is -1.52. The van der Waals surface area contributed by atoms with E-state index in [9.17, 15) is 20.1 Å². The molecule has 0 aromatic carbocycles. The molecule has 1 saturated heterocycles. The maximum Gasteiger partial charge on any atom is 0.273 e. The number of aliphatic hydroxyl groups excluding tert-OH is 4. The fourth-order valence-corrected chi connectivity index (χ4v) is 2.13. The molecule has 1 aliphatic rings. The van der Waals surface area contributed by atoms with Crippen molar-refractivity contribution in [2.45, 2.75) is 44.0 Å². The third-order valence-corrected chi connectivity index (χ3v) is 3.41. The van der Waals surface area contributed by atoms with Crippen molar-refractivity contribution in [1.29, 1.82) is 0 Å². The molecule has 0 radical (unpaired) electrons. The van der Waals surface area contributed by atoms with Gasteiger partial charge in [-0.25, -0.2) is 4.68 Å². The van der Waals surface area contributed by atoms with Crippen LogP contribution in [0, 0.1) is 0 Å². The Balaban J connectivity index is 2.13. The molecule has 2 heterocycles. The highest BCUT2D eigenvalue weighted by atomic mass is 16.6. The number of amides is 1. The first-order chi connectivity index (χ1) is 10.5. The van der Waals surface area contributed by atoms with Crippen LogP contribution in [0.15, 0.2) is 6.20 Å². The molecule has 0 aliphatic carbocycles. The molecule has 22 heavy (non-hydrogen) atoms. The van der Waals surface area contributed by atoms with Crippen molar-refractivity contribution in [3.63, 3.8) is 0 Å². The zero-order valence-electron chi connectivity index (χ0n) is 12.0. The standard InChI is InChI=1S/C12H20N4O6/c1-2-3-13-11(21)6-4-16(15-14-6)12-10(20)9(19)8(18)7(5-17)22-12/h4,7-10,12,17-20H,2-3,5H2,1H3,(H,13,21)/t7-,8-,9+,10+,12-/m1/s1. The second kappa shape index (κ2) is 7.11. The molecule has 2 rings (SSSR count). The van der Waals surface area contributed by atoms with Gasteiger partial charge in [-0.3, -0.25) is 4.79 Å². The Morgan fingerprint density at radius 2 is 2.09 bits per heavy atom. The van der Waals surface area contributed by atoms with Gasteiger partial charge in [0.25, 0.3) is 5.91 Å². The molecule has 124 valence electrons. The minimum absolute atomic E-state index is 0.0328. The lowest BCUT2D eigenvalue weighted by atomic mass is 9.98. The predicted molar refractivity (Wildman–Crippen MR) is 71.7 cm³/mol.